The van der Waals surface area contributed by atoms with Crippen molar-refractivity contribution in [3.05, 3.63) is 59.4 Å². The van der Waals surface area contributed by atoms with E-state index in [1.165, 1.54) is 17.9 Å². The molecule has 1 atom stereocenters. The van der Waals surface area contributed by atoms with E-state index in [1.807, 2.05) is 11.8 Å². The lowest BCUT2D eigenvalue weighted by atomic mass is 10.0. The molecule has 2 fully saturated rings. The number of cyclic esters (lactones) is 1. The van der Waals surface area contributed by atoms with Crippen molar-refractivity contribution in [1.29, 1.82) is 0 Å². The Morgan fingerprint density at radius 3 is 2.38 bits per heavy atom. The number of anilines is 2. The standard InChI is InChI=1S/C30H36FN5O5S/c1-3-28(42)33-18-24-19-36(30(40)41-24)23-8-9-26(25(31)16-23)34-12-14-35(15-13-34)29(39)11-10-27(38)22-6-4-21(5-7-22)17-32-20(2)37/h4-9,16,24H,3,10-15,17-19H2,1-2H3,(H,32,37)(H,33,42)/t24-/m0/s1. The van der Waals surface area contributed by atoms with Crippen molar-refractivity contribution in [3.63, 3.8) is 0 Å². The van der Waals surface area contributed by atoms with Crippen LogP contribution in [0.3, 0.4) is 0 Å². The lowest BCUT2D eigenvalue weighted by molar-refractivity contribution is -0.131. The first-order valence-corrected chi connectivity index (χ1v) is 14.5. The average Bonchev–Trinajstić information content (AvgIpc) is 3.37. The fraction of sp³-hybridized carbons (Fsp3) is 0.433. The second-order valence-corrected chi connectivity index (χ2v) is 10.8. The second kappa shape index (κ2) is 14.2. The van der Waals surface area contributed by atoms with Gasteiger partial charge in [0.05, 0.1) is 29.5 Å². The number of rotatable bonds is 11. The molecule has 2 saturated heterocycles. The second-order valence-electron chi connectivity index (χ2n) is 10.3. The van der Waals surface area contributed by atoms with Crippen LogP contribution in [0.2, 0.25) is 0 Å². The fourth-order valence-corrected chi connectivity index (χ4v) is 4.95. The van der Waals surface area contributed by atoms with Gasteiger partial charge in [0.2, 0.25) is 11.8 Å². The number of hydrogen-bond donors (Lipinski definition) is 2. The van der Waals surface area contributed by atoms with Gasteiger partial charge in [0.15, 0.2) is 5.78 Å². The van der Waals surface area contributed by atoms with Crippen LogP contribution in [0, 0.1) is 5.82 Å². The molecular formula is C30H36FN5O5S. The van der Waals surface area contributed by atoms with E-state index >= 15 is 4.39 Å². The van der Waals surface area contributed by atoms with E-state index in [1.54, 1.807) is 41.3 Å². The van der Waals surface area contributed by atoms with E-state index in [-0.39, 0.29) is 36.5 Å². The lowest BCUT2D eigenvalue weighted by Crippen LogP contribution is -2.49. The highest BCUT2D eigenvalue weighted by atomic mass is 32.1. The number of benzene rings is 2. The molecule has 3 amide bonds. The summed E-state index contributed by atoms with van der Waals surface area (Å²) in [4.78, 5) is 54.5. The molecule has 2 aliphatic heterocycles. The molecule has 10 nitrogen and oxygen atoms in total. The minimum Gasteiger partial charge on any atom is -0.442 e. The summed E-state index contributed by atoms with van der Waals surface area (Å²) in [6, 6.07) is 11.6. The van der Waals surface area contributed by atoms with Gasteiger partial charge in [0.25, 0.3) is 0 Å². The molecular weight excluding hydrogens is 561 g/mol. The molecule has 0 bridgehead atoms. The number of carbonyl (C=O) groups is 4. The van der Waals surface area contributed by atoms with Crippen LogP contribution in [-0.4, -0.2) is 79.0 Å². The van der Waals surface area contributed by atoms with Gasteiger partial charge in [-0.25, -0.2) is 9.18 Å². The van der Waals surface area contributed by atoms with Crippen LogP contribution in [0.15, 0.2) is 42.5 Å². The van der Waals surface area contributed by atoms with E-state index in [9.17, 15) is 19.2 Å². The van der Waals surface area contributed by atoms with Crippen molar-refractivity contribution in [2.45, 2.75) is 45.8 Å². The summed E-state index contributed by atoms with van der Waals surface area (Å²) in [7, 11) is 0. The monoisotopic (exact) mass is 597 g/mol. The summed E-state index contributed by atoms with van der Waals surface area (Å²) in [6.45, 7) is 6.20. The highest BCUT2D eigenvalue weighted by molar-refractivity contribution is 7.80. The van der Waals surface area contributed by atoms with Gasteiger partial charge in [-0.1, -0.05) is 43.4 Å². The fourth-order valence-electron chi connectivity index (χ4n) is 4.87. The number of hydrogen-bond acceptors (Lipinski definition) is 7. The maximum Gasteiger partial charge on any atom is 0.414 e. The van der Waals surface area contributed by atoms with Crippen LogP contribution in [0.1, 0.15) is 49.0 Å². The first-order chi connectivity index (χ1) is 20.1. The number of amides is 3. The molecule has 4 rings (SSSR count). The predicted molar refractivity (Wildman–Crippen MR) is 161 cm³/mol. The average molecular weight is 598 g/mol. The summed E-state index contributed by atoms with van der Waals surface area (Å²) in [5.74, 6) is -0.817. The van der Waals surface area contributed by atoms with Gasteiger partial charge >= 0.3 is 6.09 Å². The van der Waals surface area contributed by atoms with Crippen molar-refractivity contribution < 1.29 is 28.3 Å². The maximum absolute atomic E-state index is 15.2. The number of halogens is 1. The number of thiocarbonyl (C=S) groups is 1. The van der Waals surface area contributed by atoms with Crippen LogP contribution in [0.25, 0.3) is 0 Å². The number of carbonyl (C=O) groups excluding carboxylic acids is 4. The molecule has 0 unspecified atom stereocenters. The highest BCUT2D eigenvalue weighted by Crippen LogP contribution is 2.28. The Balaban J connectivity index is 1.24. The van der Waals surface area contributed by atoms with Crippen molar-refractivity contribution >= 4 is 52.3 Å². The summed E-state index contributed by atoms with van der Waals surface area (Å²) in [5, 5.41) is 5.77. The van der Waals surface area contributed by atoms with Crippen LogP contribution >= 0.6 is 12.2 Å². The summed E-state index contributed by atoms with van der Waals surface area (Å²) in [6.07, 6.45) is -0.00942. The van der Waals surface area contributed by atoms with Gasteiger partial charge in [-0.15, -0.1) is 0 Å². The molecule has 0 aliphatic carbocycles. The molecule has 0 spiro atoms. The largest absolute Gasteiger partial charge is 0.442 e. The highest BCUT2D eigenvalue weighted by Gasteiger charge is 2.33. The summed E-state index contributed by atoms with van der Waals surface area (Å²) in [5.41, 5.74) is 2.23. The number of ether oxygens (including phenoxy) is 1. The van der Waals surface area contributed by atoms with Crippen LogP contribution in [0.5, 0.6) is 0 Å². The molecule has 0 radical (unpaired) electrons. The minimum atomic E-state index is -0.527. The molecule has 2 aliphatic rings. The number of Topliss-reactive ketones (excluding diaryl/α,β-unsaturated/α-hetero) is 1. The zero-order valence-corrected chi connectivity index (χ0v) is 24.7. The Hall–Kier alpha value is -4.06. The van der Waals surface area contributed by atoms with Crippen molar-refractivity contribution in [3.8, 4) is 0 Å². The van der Waals surface area contributed by atoms with Crippen molar-refractivity contribution in [2.24, 2.45) is 0 Å². The zero-order valence-electron chi connectivity index (χ0n) is 23.9. The number of ketones is 1. The first kappa shape index (κ1) is 30.9. The molecule has 12 heteroatoms. The van der Waals surface area contributed by atoms with Gasteiger partial charge < -0.3 is 25.2 Å². The predicted octanol–water partition coefficient (Wildman–Crippen LogP) is 3.43. The molecule has 0 saturated carbocycles. The lowest BCUT2D eigenvalue weighted by Gasteiger charge is -2.36. The Kier molecular flexibility index (Phi) is 10.5. The molecule has 0 aromatic heterocycles. The Morgan fingerprint density at radius 1 is 1.02 bits per heavy atom. The third-order valence-electron chi connectivity index (χ3n) is 7.32. The Labute approximate surface area is 250 Å². The third kappa shape index (κ3) is 8.03. The number of nitrogens with one attached hydrogen (secondary N) is 2. The molecule has 224 valence electrons. The Morgan fingerprint density at radius 2 is 1.74 bits per heavy atom. The van der Waals surface area contributed by atoms with Crippen molar-refractivity contribution in [2.75, 3.05) is 49.1 Å². The quantitative estimate of drug-likeness (QED) is 0.300. The smallest absolute Gasteiger partial charge is 0.414 e. The zero-order chi connectivity index (χ0) is 30.2. The number of nitrogens with zero attached hydrogens (tertiary/aromatic N) is 3. The van der Waals surface area contributed by atoms with Crippen molar-refractivity contribution in [1.82, 2.24) is 15.5 Å². The van der Waals surface area contributed by atoms with E-state index in [0.717, 1.165) is 5.56 Å². The SMILES string of the molecule is CCC(=S)NC[C@H]1CN(c2ccc(N3CCN(C(=O)CCC(=O)c4ccc(CNC(C)=O)cc4)CC3)c(F)c2)C(=O)O1. The summed E-state index contributed by atoms with van der Waals surface area (Å²) < 4.78 is 20.5. The topological polar surface area (TPSA) is 111 Å². The molecule has 2 heterocycles. The van der Waals surface area contributed by atoms with Crippen LogP contribution in [0.4, 0.5) is 20.6 Å². The van der Waals surface area contributed by atoms with E-state index < -0.39 is 11.9 Å². The molecule has 42 heavy (non-hydrogen) atoms. The van der Waals surface area contributed by atoms with E-state index in [0.29, 0.717) is 74.2 Å². The molecule has 2 aromatic rings. The molecule has 2 N–H and O–H groups in total. The van der Waals surface area contributed by atoms with Crippen LogP contribution < -0.4 is 20.4 Å². The first-order valence-electron chi connectivity index (χ1n) is 14.1. The van der Waals surface area contributed by atoms with Gasteiger partial charge in [-0.3, -0.25) is 19.3 Å². The van der Waals surface area contributed by atoms with Crippen LogP contribution in [-0.2, 0) is 20.9 Å². The Bertz CT molecular complexity index is 1330. The summed E-state index contributed by atoms with van der Waals surface area (Å²) >= 11 is 5.15. The number of piperazine rings is 1. The van der Waals surface area contributed by atoms with Gasteiger partial charge in [0, 0.05) is 58.1 Å². The molecule has 2 aromatic carbocycles. The normalized spacial score (nSPS) is 16.7. The van der Waals surface area contributed by atoms with E-state index in [2.05, 4.69) is 10.6 Å². The minimum absolute atomic E-state index is 0.0985. The van der Waals surface area contributed by atoms with E-state index in [4.69, 9.17) is 17.0 Å². The van der Waals surface area contributed by atoms with Gasteiger partial charge in [0.1, 0.15) is 11.9 Å². The maximum atomic E-state index is 15.2. The van der Waals surface area contributed by atoms with Gasteiger partial charge in [-0.05, 0) is 30.2 Å². The van der Waals surface area contributed by atoms with Gasteiger partial charge in [-0.2, -0.15) is 0 Å². The third-order valence-corrected chi connectivity index (χ3v) is 7.75.